The first-order chi connectivity index (χ1) is 9.60. The first-order valence-electron chi connectivity index (χ1n) is 6.83. The van der Waals surface area contributed by atoms with Crippen LogP contribution in [0.1, 0.15) is 19.4 Å². The van der Waals surface area contributed by atoms with Crippen LogP contribution >= 0.6 is 0 Å². The van der Waals surface area contributed by atoms with Crippen LogP contribution in [0.2, 0.25) is 0 Å². The summed E-state index contributed by atoms with van der Waals surface area (Å²) in [6, 6.07) is 7.71. The Kier molecular flexibility index (Phi) is 4.79. The van der Waals surface area contributed by atoms with Crippen molar-refractivity contribution in [1.29, 1.82) is 0 Å². The van der Waals surface area contributed by atoms with Crippen molar-refractivity contribution >= 4 is 11.5 Å². The first-order valence-corrected chi connectivity index (χ1v) is 6.83. The highest BCUT2D eigenvalue weighted by Crippen LogP contribution is 2.18. The van der Waals surface area contributed by atoms with Gasteiger partial charge in [0.15, 0.2) is 0 Å². The van der Waals surface area contributed by atoms with Gasteiger partial charge in [-0.1, -0.05) is 12.1 Å². The second-order valence-electron chi connectivity index (χ2n) is 5.02. The van der Waals surface area contributed by atoms with E-state index in [2.05, 4.69) is 0 Å². The van der Waals surface area contributed by atoms with Crippen molar-refractivity contribution in [2.45, 2.75) is 20.0 Å². The summed E-state index contributed by atoms with van der Waals surface area (Å²) in [5.41, 5.74) is 1.98. The molecule has 0 N–H and O–H groups in total. The van der Waals surface area contributed by atoms with Gasteiger partial charge >= 0.3 is 0 Å². The van der Waals surface area contributed by atoms with Gasteiger partial charge in [-0.05, 0) is 37.1 Å². The van der Waals surface area contributed by atoms with E-state index < -0.39 is 0 Å². The molecule has 4 nitrogen and oxygen atoms in total. The highest BCUT2D eigenvalue weighted by atomic mass is 16.5. The van der Waals surface area contributed by atoms with Crippen molar-refractivity contribution in [3.8, 4) is 5.75 Å². The van der Waals surface area contributed by atoms with E-state index in [0.717, 1.165) is 16.9 Å². The predicted molar refractivity (Wildman–Crippen MR) is 78.6 cm³/mol. The first kappa shape index (κ1) is 14.6. The monoisotopic (exact) mass is 275 g/mol. The van der Waals surface area contributed by atoms with E-state index in [4.69, 9.17) is 9.47 Å². The number of nitrogens with zero attached hydrogens (tertiary/aromatic N) is 1. The molecule has 0 saturated carbocycles. The van der Waals surface area contributed by atoms with Crippen molar-refractivity contribution in [3.63, 3.8) is 0 Å². The molecule has 1 saturated heterocycles. The van der Waals surface area contributed by atoms with Gasteiger partial charge in [0.05, 0.1) is 19.8 Å². The molecule has 0 aromatic heterocycles. The van der Waals surface area contributed by atoms with Crippen LogP contribution in [0.5, 0.6) is 5.75 Å². The van der Waals surface area contributed by atoms with Crippen molar-refractivity contribution in [3.05, 3.63) is 35.9 Å². The lowest BCUT2D eigenvalue weighted by atomic mass is 10.1. The van der Waals surface area contributed by atoms with E-state index >= 15 is 0 Å². The van der Waals surface area contributed by atoms with Gasteiger partial charge in [-0.25, -0.2) is 0 Å². The van der Waals surface area contributed by atoms with Crippen molar-refractivity contribution < 1.29 is 14.3 Å². The Bertz CT molecular complexity index is 493. The van der Waals surface area contributed by atoms with Gasteiger partial charge < -0.3 is 14.4 Å². The van der Waals surface area contributed by atoms with Gasteiger partial charge in [-0.2, -0.15) is 0 Å². The molecule has 4 heteroatoms. The average Bonchev–Trinajstić information content (AvgIpc) is 2.47. The van der Waals surface area contributed by atoms with E-state index in [0.29, 0.717) is 19.7 Å². The fourth-order valence-corrected chi connectivity index (χ4v) is 2.23. The minimum atomic E-state index is 0.0495. The predicted octanol–water partition coefficient (Wildman–Crippen LogP) is 2.35. The molecule has 1 fully saturated rings. The number of carbonyl (C=O) groups excluding carboxylic acids is 1. The van der Waals surface area contributed by atoms with E-state index in [1.165, 1.54) is 0 Å². The minimum Gasteiger partial charge on any atom is -0.497 e. The van der Waals surface area contributed by atoms with Gasteiger partial charge in [0, 0.05) is 19.2 Å². The maximum atomic E-state index is 12.2. The molecular weight excluding hydrogens is 254 g/mol. The minimum absolute atomic E-state index is 0.0495. The van der Waals surface area contributed by atoms with Crippen molar-refractivity contribution in [1.82, 2.24) is 4.90 Å². The molecule has 1 atom stereocenters. The lowest BCUT2D eigenvalue weighted by Gasteiger charge is -2.30. The number of allylic oxidation sites excluding steroid dienone is 1. The molecule has 1 aromatic rings. The summed E-state index contributed by atoms with van der Waals surface area (Å²) in [7, 11) is 1.64. The number of ether oxygens (including phenoxy) is 2. The fourth-order valence-electron chi connectivity index (χ4n) is 2.23. The van der Waals surface area contributed by atoms with Crippen LogP contribution in [-0.2, 0) is 9.53 Å². The number of carbonyl (C=O) groups is 1. The lowest BCUT2D eigenvalue weighted by Crippen LogP contribution is -2.43. The molecule has 1 aliphatic rings. The Hall–Kier alpha value is -1.81. The van der Waals surface area contributed by atoms with Crippen LogP contribution in [0, 0.1) is 0 Å². The Labute approximate surface area is 120 Å². The van der Waals surface area contributed by atoms with Crippen molar-refractivity contribution in [2.75, 3.05) is 26.8 Å². The van der Waals surface area contributed by atoms with E-state index in [1.54, 1.807) is 13.2 Å². The molecule has 1 aromatic carbocycles. The normalized spacial score (nSPS) is 19.9. The molecule has 2 rings (SSSR count). The third kappa shape index (κ3) is 3.61. The summed E-state index contributed by atoms with van der Waals surface area (Å²) in [6.07, 6.45) is 1.81. The molecule has 0 radical (unpaired) electrons. The van der Waals surface area contributed by atoms with Crippen molar-refractivity contribution in [2.24, 2.45) is 0 Å². The van der Waals surface area contributed by atoms with Gasteiger partial charge in [-0.3, -0.25) is 4.79 Å². The van der Waals surface area contributed by atoms with Crippen LogP contribution in [0.4, 0.5) is 0 Å². The van der Waals surface area contributed by atoms with E-state index in [1.807, 2.05) is 43.0 Å². The molecule has 0 bridgehead atoms. The third-order valence-corrected chi connectivity index (χ3v) is 3.44. The molecule has 1 aliphatic heterocycles. The molecule has 1 amide bonds. The Morgan fingerprint density at radius 1 is 1.40 bits per heavy atom. The van der Waals surface area contributed by atoms with Crippen LogP contribution in [0.25, 0.3) is 5.57 Å². The maximum absolute atomic E-state index is 12.2. The molecule has 108 valence electrons. The maximum Gasteiger partial charge on any atom is 0.247 e. The molecule has 1 heterocycles. The quantitative estimate of drug-likeness (QED) is 0.795. The van der Waals surface area contributed by atoms with Gasteiger partial charge in [0.25, 0.3) is 0 Å². The number of methoxy groups -OCH3 is 1. The number of amides is 1. The number of hydrogen-bond acceptors (Lipinski definition) is 3. The Balaban J connectivity index is 2.06. The van der Waals surface area contributed by atoms with Gasteiger partial charge in [0.1, 0.15) is 5.75 Å². The summed E-state index contributed by atoms with van der Waals surface area (Å²) in [4.78, 5) is 14.1. The van der Waals surface area contributed by atoms with E-state index in [-0.39, 0.29) is 12.0 Å². The number of hydrogen-bond donors (Lipinski definition) is 0. The third-order valence-electron chi connectivity index (χ3n) is 3.44. The summed E-state index contributed by atoms with van der Waals surface area (Å²) >= 11 is 0. The Morgan fingerprint density at radius 2 is 2.10 bits per heavy atom. The van der Waals surface area contributed by atoms with Gasteiger partial charge in [0.2, 0.25) is 5.91 Å². The zero-order valence-electron chi connectivity index (χ0n) is 12.3. The molecule has 20 heavy (non-hydrogen) atoms. The van der Waals surface area contributed by atoms with Crippen LogP contribution in [-0.4, -0.2) is 43.7 Å². The highest BCUT2D eigenvalue weighted by molar-refractivity contribution is 5.95. The number of morpholine rings is 1. The topological polar surface area (TPSA) is 38.8 Å². The second-order valence-corrected chi connectivity index (χ2v) is 5.02. The molecular formula is C16H21NO3. The van der Waals surface area contributed by atoms with Gasteiger partial charge in [-0.15, -0.1) is 0 Å². The Morgan fingerprint density at radius 3 is 2.70 bits per heavy atom. The van der Waals surface area contributed by atoms with Crippen LogP contribution < -0.4 is 4.74 Å². The number of benzene rings is 1. The summed E-state index contributed by atoms with van der Waals surface area (Å²) < 4.78 is 10.6. The van der Waals surface area contributed by atoms with E-state index in [9.17, 15) is 4.79 Å². The largest absolute Gasteiger partial charge is 0.497 e. The zero-order valence-corrected chi connectivity index (χ0v) is 12.3. The summed E-state index contributed by atoms with van der Waals surface area (Å²) in [6.45, 7) is 5.87. The molecule has 0 spiro atoms. The standard InChI is InChI=1S/C16H21NO3/c1-12(14-4-6-15(19-3)7-5-14)10-16(18)17-8-9-20-13(2)11-17/h4-7,10,13H,8-9,11H2,1-3H3/b12-10+. The van der Waals surface area contributed by atoms with Crippen LogP contribution in [0.3, 0.4) is 0 Å². The second kappa shape index (κ2) is 6.57. The average molecular weight is 275 g/mol. The highest BCUT2D eigenvalue weighted by Gasteiger charge is 2.19. The fraction of sp³-hybridized carbons (Fsp3) is 0.438. The lowest BCUT2D eigenvalue weighted by molar-refractivity contribution is -0.132. The molecule has 0 aliphatic carbocycles. The summed E-state index contributed by atoms with van der Waals surface area (Å²) in [5, 5.41) is 0. The smallest absolute Gasteiger partial charge is 0.247 e. The number of rotatable bonds is 3. The zero-order chi connectivity index (χ0) is 14.5. The van der Waals surface area contributed by atoms with Crippen LogP contribution in [0.15, 0.2) is 30.3 Å². The SMILES string of the molecule is COc1ccc(/C(C)=C/C(=O)N2CCOC(C)C2)cc1. The summed E-state index contributed by atoms with van der Waals surface area (Å²) in [5.74, 6) is 0.864. The molecule has 1 unspecified atom stereocenters.